The van der Waals surface area contributed by atoms with Crippen LogP contribution in [0.4, 0.5) is 18.9 Å². The first-order chi connectivity index (χ1) is 9.29. The molecule has 1 amide bonds. The second-order valence-electron chi connectivity index (χ2n) is 4.48. The van der Waals surface area contributed by atoms with Crippen LogP contribution in [0.5, 0.6) is 0 Å². The van der Waals surface area contributed by atoms with E-state index in [2.05, 4.69) is 10.6 Å². The lowest BCUT2D eigenvalue weighted by Gasteiger charge is -2.21. The minimum absolute atomic E-state index is 0.0428. The zero-order chi connectivity index (χ0) is 14.9. The molecule has 0 aliphatic carbocycles. The number of alkyl halides is 3. The number of nitrogens with one attached hydrogen (secondary N) is 2. The highest BCUT2D eigenvalue weighted by atomic mass is 35.5. The number of carbonyl (C=O) groups excluding carboxylic acids is 1. The van der Waals surface area contributed by atoms with E-state index >= 15 is 0 Å². The van der Waals surface area contributed by atoms with Gasteiger partial charge in [-0.1, -0.05) is 11.6 Å². The summed E-state index contributed by atoms with van der Waals surface area (Å²) in [5.74, 6) is -0.442. The zero-order valence-corrected chi connectivity index (χ0v) is 11.3. The van der Waals surface area contributed by atoms with Gasteiger partial charge in [-0.3, -0.25) is 4.79 Å². The normalized spacial score (nSPS) is 14.8. The van der Waals surface area contributed by atoms with Crippen LogP contribution in [0.1, 0.15) is 12.5 Å². The molecule has 1 aliphatic rings. The summed E-state index contributed by atoms with van der Waals surface area (Å²) >= 11 is 5.81. The average Bonchev–Trinajstić information content (AvgIpc) is 2.28. The second kappa shape index (κ2) is 5.46. The first-order valence-corrected chi connectivity index (χ1v) is 6.24. The topological polar surface area (TPSA) is 41.1 Å². The standard InChI is InChI=1S/C13H12ClF3N2O/c1-7(8-5-18-6-8)12(20)19-11-4-9(13(15,16)17)2-3-10(11)14/h2-4,18H,5-6H2,1H3,(H,19,20). The van der Waals surface area contributed by atoms with Gasteiger partial charge >= 0.3 is 6.18 Å². The number of amides is 1. The molecule has 1 aliphatic heterocycles. The fourth-order valence-corrected chi connectivity index (χ4v) is 1.85. The van der Waals surface area contributed by atoms with Gasteiger partial charge < -0.3 is 10.6 Å². The lowest BCUT2D eigenvalue weighted by Crippen LogP contribution is -2.36. The summed E-state index contributed by atoms with van der Waals surface area (Å²) in [4.78, 5) is 11.9. The summed E-state index contributed by atoms with van der Waals surface area (Å²) in [6.45, 7) is 2.87. The summed E-state index contributed by atoms with van der Waals surface area (Å²) in [6, 6.07) is 2.82. The van der Waals surface area contributed by atoms with Gasteiger partial charge in [-0.2, -0.15) is 13.2 Å². The van der Waals surface area contributed by atoms with Gasteiger partial charge in [-0.05, 0) is 30.7 Å². The van der Waals surface area contributed by atoms with Crippen LogP contribution in [0.25, 0.3) is 0 Å². The highest BCUT2D eigenvalue weighted by Gasteiger charge is 2.31. The molecule has 0 bridgehead atoms. The van der Waals surface area contributed by atoms with Crippen LogP contribution in [0.2, 0.25) is 5.02 Å². The maximum Gasteiger partial charge on any atom is 0.416 e. The number of carbonyl (C=O) groups is 1. The van der Waals surface area contributed by atoms with E-state index in [1.165, 1.54) is 0 Å². The van der Waals surface area contributed by atoms with Crippen molar-refractivity contribution in [2.24, 2.45) is 0 Å². The monoisotopic (exact) mass is 304 g/mol. The molecule has 7 heteroatoms. The number of halogens is 4. The maximum atomic E-state index is 12.6. The summed E-state index contributed by atoms with van der Waals surface area (Å²) in [5.41, 5.74) is 0.536. The molecule has 1 heterocycles. The fraction of sp³-hybridized carbons (Fsp3) is 0.308. The van der Waals surface area contributed by atoms with Gasteiger partial charge in [-0.25, -0.2) is 0 Å². The van der Waals surface area contributed by atoms with Crippen molar-refractivity contribution in [3.05, 3.63) is 39.9 Å². The van der Waals surface area contributed by atoms with Crippen molar-refractivity contribution in [2.75, 3.05) is 18.4 Å². The molecule has 1 saturated heterocycles. The summed E-state index contributed by atoms with van der Waals surface area (Å²) < 4.78 is 37.8. The zero-order valence-electron chi connectivity index (χ0n) is 10.6. The van der Waals surface area contributed by atoms with Crippen LogP contribution >= 0.6 is 11.6 Å². The van der Waals surface area contributed by atoms with E-state index in [4.69, 9.17) is 11.6 Å². The quantitative estimate of drug-likeness (QED) is 0.824. The Morgan fingerprint density at radius 2 is 2.00 bits per heavy atom. The molecule has 2 N–H and O–H groups in total. The fourth-order valence-electron chi connectivity index (χ4n) is 1.69. The number of rotatable bonds is 2. The van der Waals surface area contributed by atoms with Crippen LogP contribution < -0.4 is 10.6 Å². The van der Waals surface area contributed by atoms with Crippen LogP contribution in [-0.2, 0) is 11.0 Å². The number of hydrogen-bond acceptors (Lipinski definition) is 2. The van der Waals surface area contributed by atoms with Gasteiger partial charge in [0.1, 0.15) is 0 Å². The number of hydrogen-bond donors (Lipinski definition) is 2. The van der Waals surface area contributed by atoms with Gasteiger partial charge in [0.15, 0.2) is 0 Å². The molecule has 0 spiro atoms. The lowest BCUT2D eigenvalue weighted by molar-refractivity contribution is -0.137. The maximum absolute atomic E-state index is 12.6. The molecule has 1 fully saturated rings. The third-order valence-electron chi connectivity index (χ3n) is 3.09. The predicted molar refractivity (Wildman–Crippen MR) is 70.7 cm³/mol. The Labute approximate surface area is 118 Å². The Morgan fingerprint density at radius 3 is 2.50 bits per heavy atom. The lowest BCUT2D eigenvalue weighted by atomic mass is 10.0. The summed E-state index contributed by atoms with van der Waals surface area (Å²) in [5, 5.41) is 5.47. The largest absolute Gasteiger partial charge is 0.416 e. The molecule has 0 atom stereocenters. The van der Waals surface area contributed by atoms with Gasteiger partial charge in [0.2, 0.25) is 0 Å². The van der Waals surface area contributed by atoms with Crippen molar-refractivity contribution in [3.63, 3.8) is 0 Å². The Bertz CT molecular complexity index is 575. The van der Waals surface area contributed by atoms with Crippen LogP contribution in [0.3, 0.4) is 0 Å². The van der Waals surface area contributed by atoms with E-state index in [1.807, 2.05) is 0 Å². The molecule has 2 rings (SSSR count). The van der Waals surface area contributed by atoms with Crippen LogP contribution in [0, 0.1) is 0 Å². The molecule has 108 valence electrons. The second-order valence-corrected chi connectivity index (χ2v) is 4.89. The van der Waals surface area contributed by atoms with E-state index in [0.29, 0.717) is 18.7 Å². The Hall–Kier alpha value is -1.53. The van der Waals surface area contributed by atoms with E-state index < -0.39 is 17.6 Å². The molecule has 0 aromatic heterocycles. The SMILES string of the molecule is CC(C(=O)Nc1cc(C(F)(F)F)ccc1Cl)=C1CNC1. The van der Waals surface area contributed by atoms with Crippen molar-refractivity contribution in [2.45, 2.75) is 13.1 Å². The minimum atomic E-state index is -4.48. The van der Waals surface area contributed by atoms with E-state index in [9.17, 15) is 18.0 Å². The third-order valence-corrected chi connectivity index (χ3v) is 3.42. The van der Waals surface area contributed by atoms with E-state index in [1.54, 1.807) is 6.92 Å². The van der Waals surface area contributed by atoms with Crippen molar-refractivity contribution >= 4 is 23.2 Å². The minimum Gasteiger partial charge on any atom is -0.321 e. The molecular formula is C13H12ClF3N2O. The molecule has 3 nitrogen and oxygen atoms in total. The number of benzene rings is 1. The summed E-state index contributed by atoms with van der Waals surface area (Å²) in [6.07, 6.45) is -4.48. The Balaban J connectivity index is 2.23. The average molecular weight is 305 g/mol. The van der Waals surface area contributed by atoms with Gasteiger partial charge in [-0.15, -0.1) is 0 Å². The molecule has 1 aromatic rings. The van der Waals surface area contributed by atoms with Crippen molar-refractivity contribution in [1.29, 1.82) is 0 Å². The molecule has 20 heavy (non-hydrogen) atoms. The Morgan fingerprint density at radius 1 is 1.35 bits per heavy atom. The third kappa shape index (κ3) is 3.13. The molecule has 0 unspecified atom stereocenters. The molecule has 1 aromatic carbocycles. The highest BCUT2D eigenvalue weighted by Crippen LogP contribution is 2.34. The van der Waals surface area contributed by atoms with Crippen molar-refractivity contribution in [1.82, 2.24) is 5.32 Å². The van der Waals surface area contributed by atoms with Crippen LogP contribution in [0.15, 0.2) is 29.3 Å². The van der Waals surface area contributed by atoms with E-state index in [-0.39, 0.29) is 10.7 Å². The van der Waals surface area contributed by atoms with Crippen LogP contribution in [-0.4, -0.2) is 19.0 Å². The first kappa shape index (κ1) is 14.9. The van der Waals surface area contributed by atoms with Crippen molar-refractivity contribution in [3.8, 4) is 0 Å². The van der Waals surface area contributed by atoms with Gasteiger partial charge in [0.05, 0.1) is 16.3 Å². The van der Waals surface area contributed by atoms with Gasteiger partial charge in [0, 0.05) is 18.7 Å². The van der Waals surface area contributed by atoms with E-state index in [0.717, 1.165) is 23.8 Å². The predicted octanol–water partition coefficient (Wildman–Crippen LogP) is 3.22. The summed E-state index contributed by atoms with van der Waals surface area (Å²) in [7, 11) is 0. The molecule has 0 radical (unpaired) electrons. The first-order valence-electron chi connectivity index (χ1n) is 5.86. The molecule has 0 saturated carbocycles. The van der Waals surface area contributed by atoms with Gasteiger partial charge in [0.25, 0.3) is 5.91 Å². The Kier molecular flexibility index (Phi) is 4.06. The highest BCUT2D eigenvalue weighted by molar-refractivity contribution is 6.34. The van der Waals surface area contributed by atoms with Crippen molar-refractivity contribution < 1.29 is 18.0 Å². The number of anilines is 1. The smallest absolute Gasteiger partial charge is 0.321 e. The molecular weight excluding hydrogens is 293 g/mol.